The average Bonchev–Trinajstić information content (AvgIpc) is 2.68. The molecule has 0 amide bonds. The van der Waals surface area contributed by atoms with Gasteiger partial charge in [0.2, 0.25) is 0 Å². The van der Waals surface area contributed by atoms with Crippen LogP contribution < -0.4 is 0 Å². The van der Waals surface area contributed by atoms with Crippen LogP contribution in [0.15, 0.2) is 23.8 Å². The summed E-state index contributed by atoms with van der Waals surface area (Å²) in [6.45, 7) is 5.01. The number of aromatic nitrogens is 2. The van der Waals surface area contributed by atoms with Crippen molar-refractivity contribution in [3.05, 3.63) is 35.0 Å². The predicted molar refractivity (Wildman–Crippen MR) is 79.7 cm³/mol. The van der Waals surface area contributed by atoms with E-state index in [4.69, 9.17) is 9.47 Å². The molecule has 114 valence electrons. The maximum Gasteiger partial charge on any atom is 0.348 e. The molecule has 22 heavy (non-hydrogen) atoms. The number of benzene rings is 1. The second-order valence-electron chi connectivity index (χ2n) is 5.72. The summed E-state index contributed by atoms with van der Waals surface area (Å²) in [4.78, 5) is 23.9. The first-order chi connectivity index (χ1) is 10.3. The fourth-order valence-electron chi connectivity index (χ4n) is 2.38. The van der Waals surface area contributed by atoms with Gasteiger partial charge in [-0.3, -0.25) is 4.68 Å². The van der Waals surface area contributed by atoms with Crippen molar-refractivity contribution < 1.29 is 19.1 Å². The van der Waals surface area contributed by atoms with Crippen LogP contribution in [-0.4, -0.2) is 27.5 Å². The molecule has 1 aromatic heterocycles. The molecule has 0 bridgehead atoms. The van der Waals surface area contributed by atoms with E-state index < -0.39 is 17.7 Å². The lowest BCUT2D eigenvalue weighted by atomic mass is 10.1. The fraction of sp³-hybridized carbons (Fsp3) is 0.312. The smallest absolute Gasteiger partial charge is 0.348 e. The van der Waals surface area contributed by atoms with Gasteiger partial charge in [0.25, 0.3) is 5.79 Å². The molecule has 0 unspecified atom stereocenters. The van der Waals surface area contributed by atoms with Gasteiger partial charge in [-0.05, 0) is 24.6 Å². The SMILES string of the molecule is Cc1c2ccc(C=C3C(=O)OC(C)(C)OC3=O)cc2nn1C. The normalized spacial score (nSPS) is 17.4. The summed E-state index contributed by atoms with van der Waals surface area (Å²) >= 11 is 0. The van der Waals surface area contributed by atoms with Crippen molar-refractivity contribution in [3.8, 4) is 0 Å². The summed E-state index contributed by atoms with van der Waals surface area (Å²) in [6.07, 6.45) is 1.46. The zero-order valence-corrected chi connectivity index (χ0v) is 12.8. The van der Waals surface area contributed by atoms with Gasteiger partial charge in [0.15, 0.2) is 0 Å². The van der Waals surface area contributed by atoms with E-state index in [1.807, 2.05) is 32.2 Å². The van der Waals surface area contributed by atoms with Crippen LogP contribution in [0.5, 0.6) is 0 Å². The molecule has 6 heteroatoms. The molecule has 1 saturated heterocycles. The van der Waals surface area contributed by atoms with Crippen LogP contribution in [0.25, 0.3) is 17.0 Å². The number of aryl methyl sites for hydroxylation is 2. The molecule has 2 aromatic rings. The van der Waals surface area contributed by atoms with E-state index >= 15 is 0 Å². The van der Waals surface area contributed by atoms with E-state index in [0.29, 0.717) is 5.56 Å². The van der Waals surface area contributed by atoms with Crippen molar-refractivity contribution in [3.63, 3.8) is 0 Å². The Hall–Kier alpha value is -2.63. The Labute approximate surface area is 127 Å². The molecular formula is C16H16N2O4. The highest BCUT2D eigenvalue weighted by atomic mass is 16.7. The third-order valence-electron chi connectivity index (χ3n) is 3.58. The van der Waals surface area contributed by atoms with Gasteiger partial charge >= 0.3 is 11.9 Å². The zero-order valence-electron chi connectivity index (χ0n) is 12.8. The Morgan fingerprint density at radius 1 is 1.18 bits per heavy atom. The van der Waals surface area contributed by atoms with E-state index in [9.17, 15) is 9.59 Å². The Balaban J connectivity index is 2.01. The maximum absolute atomic E-state index is 11.9. The number of fused-ring (bicyclic) bond motifs is 1. The third kappa shape index (κ3) is 2.36. The first-order valence-electron chi connectivity index (χ1n) is 6.88. The zero-order chi connectivity index (χ0) is 16.1. The van der Waals surface area contributed by atoms with Gasteiger partial charge in [-0.1, -0.05) is 12.1 Å². The van der Waals surface area contributed by atoms with Crippen molar-refractivity contribution in [2.45, 2.75) is 26.6 Å². The minimum Gasteiger partial charge on any atom is -0.419 e. The van der Waals surface area contributed by atoms with Gasteiger partial charge in [-0.15, -0.1) is 0 Å². The van der Waals surface area contributed by atoms with Gasteiger partial charge in [0, 0.05) is 32.0 Å². The number of cyclic esters (lactones) is 2. The molecule has 3 rings (SSSR count). The lowest BCUT2D eigenvalue weighted by molar-refractivity contribution is -0.222. The standard InChI is InChI=1S/C16H16N2O4/c1-9-11-6-5-10(8-13(11)17-18(9)4)7-12-14(19)21-16(2,3)22-15(12)20/h5-8H,1-4H3. The van der Waals surface area contributed by atoms with E-state index in [1.54, 1.807) is 4.68 Å². The largest absolute Gasteiger partial charge is 0.419 e. The molecule has 0 N–H and O–H groups in total. The molecule has 2 heterocycles. The summed E-state index contributed by atoms with van der Waals surface area (Å²) in [6, 6.07) is 5.55. The van der Waals surface area contributed by atoms with E-state index in [-0.39, 0.29) is 5.57 Å². The summed E-state index contributed by atoms with van der Waals surface area (Å²) in [5.41, 5.74) is 2.42. The molecule has 6 nitrogen and oxygen atoms in total. The minimum atomic E-state index is -1.23. The Kier molecular flexibility index (Phi) is 3.05. The highest BCUT2D eigenvalue weighted by Crippen LogP contribution is 2.25. The highest BCUT2D eigenvalue weighted by Gasteiger charge is 2.38. The van der Waals surface area contributed by atoms with Crippen molar-refractivity contribution in [1.82, 2.24) is 9.78 Å². The Bertz CT molecular complexity index is 808. The van der Waals surface area contributed by atoms with E-state index in [0.717, 1.165) is 16.6 Å². The predicted octanol–water partition coefficient (Wildman–Crippen LogP) is 2.10. The third-order valence-corrected chi connectivity index (χ3v) is 3.58. The summed E-state index contributed by atoms with van der Waals surface area (Å²) in [5, 5.41) is 5.41. The molecule has 0 radical (unpaired) electrons. The lowest BCUT2D eigenvalue weighted by Gasteiger charge is -2.29. The molecule has 0 atom stereocenters. The number of ether oxygens (including phenoxy) is 2. The number of hydrogen-bond donors (Lipinski definition) is 0. The van der Waals surface area contributed by atoms with Crippen LogP contribution in [0.4, 0.5) is 0 Å². The summed E-state index contributed by atoms with van der Waals surface area (Å²) in [5.74, 6) is -2.59. The van der Waals surface area contributed by atoms with Crippen LogP contribution in [0, 0.1) is 6.92 Å². The first-order valence-corrected chi connectivity index (χ1v) is 6.88. The van der Waals surface area contributed by atoms with Crippen LogP contribution in [0.1, 0.15) is 25.1 Å². The molecule has 0 aliphatic carbocycles. The van der Waals surface area contributed by atoms with Crippen molar-refractivity contribution in [1.29, 1.82) is 0 Å². The number of nitrogens with zero attached hydrogens (tertiary/aromatic N) is 2. The molecule has 0 saturated carbocycles. The Morgan fingerprint density at radius 2 is 1.82 bits per heavy atom. The summed E-state index contributed by atoms with van der Waals surface area (Å²) in [7, 11) is 1.87. The van der Waals surface area contributed by atoms with Gasteiger partial charge in [0.05, 0.1) is 5.52 Å². The minimum absolute atomic E-state index is 0.119. The highest BCUT2D eigenvalue weighted by molar-refractivity contribution is 6.19. The first kappa shape index (κ1) is 14.3. The second-order valence-corrected chi connectivity index (χ2v) is 5.72. The van der Waals surface area contributed by atoms with Crippen LogP contribution in [0.2, 0.25) is 0 Å². The fourth-order valence-corrected chi connectivity index (χ4v) is 2.38. The average molecular weight is 300 g/mol. The monoisotopic (exact) mass is 300 g/mol. The molecule has 1 fully saturated rings. The van der Waals surface area contributed by atoms with Crippen molar-refractivity contribution in [2.75, 3.05) is 0 Å². The molecular weight excluding hydrogens is 284 g/mol. The molecule has 1 aliphatic heterocycles. The molecule has 1 aliphatic rings. The van der Waals surface area contributed by atoms with Gasteiger partial charge in [0.1, 0.15) is 5.57 Å². The number of carbonyl (C=O) groups is 2. The number of esters is 2. The van der Waals surface area contributed by atoms with Gasteiger partial charge < -0.3 is 9.47 Å². The van der Waals surface area contributed by atoms with Crippen LogP contribution >= 0.6 is 0 Å². The van der Waals surface area contributed by atoms with E-state index in [2.05, 4.69) is 5.10 Å². The molecule has 1 aromatic carbocycles. The summed E-state index contributed by atoms with van der Waals surface area (Å²) < 4.78 is 11.9. The quantitative estimate of drug-likeness (QED) is 0.458. The van der Waals surface area contributed by atoms with Gasteiger partial charge in [-0.25, -0.2) is 9.59 Å². The number of hydrogen-bond acceptors (Lipinski definition) is 5. The maximum atomic E-state index is 11.9. The van der Waals surface area contributed by atoms with Gasteiger partial charge in [-0.2, -0.15) is 5.10 Å². The number of carbonyl (C=O) groups excluding carboxylic acids is 2. The van der Waals surface area contributed by atoms with Crippen LogP contribution in [-0.2, 0) is 26.1 Å². The van der Waals surface area contributed by atoms with Crippen molar-refractivity contribution in [2.24, 2.45) is 7.05 Å². The second kappa shape index (κ2) is 4.69. The Morgan fingerprint density at radius 3 is 2.45 bits per heavy atom. The molecule has 0 spiro atoms. The van der Waals surface area contributed by atoms with E-state index in [1.165, 1.54) is 19.9 Å². The van der Waals surface area contributed by atoms with Crippen LogP contribution in [0.3, 0.4) is 0 Å². The number of rotatable bonds is 1. The van der Waals surface area contributed by atoms with Crippen molar-refractivity contribution >= 4 is 28.9 Å². The topological polar surface area (TPSA) is 70.4 Å². The lowest BCUT2D eigenvalue weighted by Crippen LogP contribution is -2.41.